The fraction of sp³-hybridized carbons (Fsp3) is 0.387. The number of aryl methyl sites for hydroxylation is 4. The lowest BCUT2D eigenvalue weighted by Crippen LogP contribution is -2.46. The molecule has 0 unspecified atom stereocenters. The van der Waals surface area contributed by atoms with E-state index in [0.717, 1.165) is 77.6 Å². The number of likely N-dealkylation sites (N-methyl/N-ethyl adjacent to an activating group) is 1. The van der Waals surface area contributed by atoms with Crippen molar-refractivity contribution in [1.29, 1.82) is 0 Å². The number of aromatic nitrogens is 3. The quantitative estimate of drug-likeness (QED) is 0.362. The van der Waals surface area contributed by atoms with Crippen molar-refractivity contribution in [3.63, 3.8) is 0 Å². The molecule has 2 aromatic heterocycles. The topological polar surface area (TPSA) is 66.3 Å². The highest BCUT2D eigenvalue weighted by atomic mass is 16.1. The van der Waals surface area contributed by atoms with Crippen LogP contribution < -0.4 is 10.2 Å². The fourth-order valence-electron chi connectivity index (χ4n) is 5.48. The van der Waals surface area contributed by atoms with Gasteiger partial charge < -0.3 is 15.1 Å². The Kier molecular flexibility index (Phi) is 7.47. The van der Waals surface area contributed by atoms with Gasteiger partial charge in [0.05, 0.1) is 11.4 Å². The van der Waals surface area contributed by atoms with Crippen LogP contribution in [0.4, 0.5) is 11.4 Å². The Morgan fingerprint density at radius 3 is 2.18 bits per heavy atom. The zero-order valence-electron chi connectivity index (χ0n) is 23.2. The summed E-state index contributed by atoms with van der Waals surface area (Å²) in [7, 11) is 0. The Balaban J connectivity index is 1.25. The van der Waals surface area contributed by atoms with Crippen LogP contribution in [-0.2, 0) is 11.2 Å². The van der Waals surface area contributed by atoms with Gasteiger partial charge in [-0.2, -0.15) is 5.10 Å². The first-order valence-corrected chi connectivity index (χ1v) is 13.6. The van der Waals surface area contributed by atoms with Crippen LogP contribution in [0.1, 0.15) is 41.4 Å². The first-order valence-electron chi connectivity index (χ1n) is 13.6. The molecule has 1 saturated heterocycles. The van der Waals surface area contributed by atoms with Crippen molar-refractivity contribution in [1.82, 2.24) is 19.7 Å². The van der Waals surface area contributed by atoms with Crippen molar-refractivity contribution < 1.29 is 4.79 Å². The molecule has 0 bridgehead atoms. The fourth-order valence-corrected chi connectivity index (χ4v) is 5.48. The Morgan fingerprint density at radius 1 is 0.868 bits per heavy atom. The molecule has 4 aromatic rings. The van der Waals surface area contributed by atoms with Gasteiger partial charge in [0.15, 0.2) is 5.65 Å². The maximum Gasteiger partial charge on any atom is 0.224 e. The second-order valence-corrected chi connectivity index (χ2v) is 10.3. The zero-order chi connectivity index (χ0) is 26.8. The Labute approximate surface area is 225 Å². The highest BCUT2D eigenvalue weighted by Crippen LogP contribution is 2.28. The summed E-state index contributed by atoms with van der Waals surface area (Å²) in [6.07, 6.45) is 1.04. The molecule has 1 N–H and O–H groups in total. The highest BCUT2D eigenvalue weighted by Gasteiger charge is 2.19. The lowest BCUT2D eigenvalue weighted by atomic mass is 9.99. The average Bonchev–Trinajstić information content (AvgIpc) is 3.25. The van der Waals surface area contributed by atoms with Crippen LogP contribution >= 0.6 is 0 Å². The van der Waals surface area contributed by atoms with Gasteiger partial charge in [-0.15, -0.1) is 0 Å². The largest absolute Gasteiger partial charge is 0.369 e. The van der Waals surface area contributed by atoms with Gasteiger partial charge in [0.1, 0.15) is 0 Å². The Hall–Kier alpha value is -3.71. The predicted octanol–water partition coefficient (Wildman–Crippen LogP) is 5.37. The van der Waals surface area contributed by atoms with Crippen LogP contribution in [0.15, 0.2) is 48.5 Å². The molecule has 0 radical (unpaired) electrons. The standard InChI is InChI=1S/C31H38N6O/c1-6-35-17-19-36(20-18-35)26-13-9-25(10-14-26)33-29(38)16-15-28-22(3)30-24(5)34-37(31(30)32-23(28)4)27-11-7-21(2)8-12-27/h7-14H,6,15-20H2,1-5H3,(H,33,38). The summed E-state index contributed by atoms with van der Waals surface area (Å²) in [5.74, 6) is 0.0141. The molecule has 0 spiro atoms. The van der Waals surface area contributed by atoms with Crippen LogP contribution in [0.5, 0.6) is 0 Å². The summed E-state index contributed by atoms with van der Waals surface area (Å²) in [6.45, 7) is 15.9. The number of amides is 1. The van der Waals surface area contributed by atoms with Crippen molar-refractivity contribution in [2.24, 2.45) is 0 Å². The molecule has 3 heterocycles. The first kappa shape index (κ1) is 25.9. The molecule has 7 nitrogen and oxygen atoms in total. The minimum Gasteiger partial charge on any atom is -0.369 e. The summed E-state index contributed by atoms with van der Waals surface area (Å²) in [5, 5.41) is 8.95. The molecule has 2 aromatic carbocycles. The smallest absolute Gasteiger partial charge is 0.224 e. The van der Waals surface area contributed by atoms with Crippen LogP contribution in [0.25, 0.3) is 16.7 Å². The van der Waals surface area contributed by atoms with Crippen LogP contribution in [0, 0.1) is 27.7 Å². The number of pyridine rings is 1. The first-order chi connectivity index (χ1) is 18.3. The van der Waals surface area contributed by atoms with E-state index in [0.29, 0.717) is 12.8 Å². The van der Waals surface area contributed by atoms with Crippen LogP contribution in [0.3, 0.4) is 0 Å². The van der Waals surface area contributed by atoms with Crippen LogP contribution in [0.2, 0.25) is 0 Å². The number of hydrogen-bond donors (Lipinski definition) is 1. The normalized spacial score (nSPS) is 14.3. The zero-order valence-corrected chi connectivity index (χ0v) is 23.2. The van der Waals surface area contributed by atoms with Gasteiger partial charge in [-0.3, -0.25) is 4.79 Å². The minimum atomic E-state index is 0.0141. The number of carbonyl (C=O) groups excluding carboxylic acids is 1. The van der Waals surface area contributed by atoms with Gasteiger partial charge in [0.25, 0.3) is 0 Å². The van der Waals surface area contributed by atoms with Crippen molar-refractivity contribution >= 4 is 28.3 Å². The summed E-state index contributed by atoms with van der Waals surface area (Å²) in [6, 6.07) is 16.6. The lowest BCUT2D eigenvalue weighted by molar-refractivity contribution is -0.116. The molecular formula is C31H38N6O. The number of carbonyl (C=O) groups is 1. The summed E-state index contributed by atoms with van der Waals surface area (Å²) >= 11 is 0. The molecule has 1 aliphatic rings. The van der Waals surface area contributed by atoms with E-state index in [9.17, 15) is 4.79 Å². The van der Waals surface area contributed by atoms with Gasteiger partial charge in [-0.25, -0.2) is 9.67 Å². The average molecular weight is 511 g/mol. The van der Waals surface area contributed by atoms with E-state index >= 15 is 0 Å². The molecular weight excluding hydrogens is 472 g/mol. The van der Waals surface area contributed by atoms with Crippen molar-refractivity contribution in [2.45, 2.75) is 47.5 Å². The summed E-state index contributed by atoms with van der Waals surface area (Å²) in [4.78, 5) is 22.7. The van der Waals surface area contributed by atoms with E-state index in [2.05, 4.69) is 72.3 Å². The van der Waals surface area contributed by atoms with E-state index < -0.39 is 0 Å². The molecule has 7 heteroatoms. The molecule has 0 saturated carbocycles. The number of anilines is 2. The number of piperazine rings is 1. The molecule has 0 atom stereocenters. The number of nitrogens with zero attached hydrogens (tertiary/aromatic N) is 5. The van der Waals surface area contributed by atoms with E-state index in [1.807, 2.05) is 30.7 Å². The number of fused-ring (bicyclic) bond motifs is 1. The second kappa shape index (κ2) is 11.0. The van der Waals surface area contributed by atoms with E-state index in [1.54, 1.807) is 0 Å². The van der Waals surface area contributed by atoms with Gasteiger partial charge in [0.2, 0.25) is 5.91 Å². The number of hydrogen-bond acceptors (Lipinski definition) is 5. The molecule has 1 fully saturated rings. The van der Waals surface area contributed by atoms with Gasteiger partial charge in [0, 0.05) is 55.1 Å². The van der Waals surface area contributed by atoms with Crippen molar-refractivity contribution in [2.75, 3.05) is 42.9 Å². The van der Waals surface area contributed by atoms with E-state index in [4.69, 9.17) is 10.1 Å². The van der Waals surface area contributed by atoms with Crippen molar-refractivity contribution in [3.8, 4) is 5.69 Å². The maximum atomic E-state index is 12.8. The summed E-state index contributed by atoms with van der Waals surface area (Å²) in [5.41, 5.74) is 9.31. The predicted molar refractivity (Wildman–Crippen MR) is 156 cm³/mol. The van der Waals surface area contributed by atoms with Gasteiger partial charge in [-0.1, -0.05) is 24.6 Å². The molecule has 1 aliphatic heterocycles. The lowest BCUT2D eigenvalue weighted by Gasteiger charge is -2.35. The Bertz CT molecular complexity index is 1430. The summed E-state index contributed by atoms with van der Waals surface area (Å²) < 4.78 is 1.92. The van der Waals surface area contributed by atoms with E-state index in [-0.39, 0.29) is 5.91 Å². The second-order valence-electron chi connectivity index (χ2n) is 10.3. The van der Waals surface area contributed by atoms with Gasteiger partial charge in [-0.05, 0) is 88.2 Å². The van der Waals surface area contributed by atoms with Gasteiger partial charge >= 0.3 is 0 Å². The Morgan fingerprint density at radius 2 is 1.53 bits per heavy atom. The monoisotopic (exact) mass is 510 g/mol. The van der Waals surface area contributed by atoms with E-state index in [1.165, 1.54) is 11.3 Å². The maximum absolute atomic E-state index is 12.8. The minimum absolute atomic E-state index is 0.0141. The van der Waals surface area contributed by atoms with Crippen molar-refractivity contribution in [3.05, 3.63) is 76.6 Å². The highest BCUT2D eigenvalue weighted by molar-refractivity contribution is 5.91. The van der Waals surface area contributed by atoms with Crippen LogP contribution in [-0.4, -0.2) is 58.3 Å². The number of rotatable bonds is 7. The molecule has 1 amide bonds. The third kappa shape index (κ3) is 5.29. The molecule has 38 heavy (non-hydrogen) atoms. The number of benzene rings is 2. The molecule has 0 aliphatic carbocycles. The molecule has 5 rings (SSSR count). The number of nitrogens with one attached hydrogen (secondary N) is 1. The SMILES string of the molecule is CCN1CCN(c2ccc(NC(=O)CCc3c(C)nc4c(c(C)nn4-c4ccc(C)cc4)c3C)cc2)CC1. The molecule has 198 valence electrons. The third-order valence-electron chi connectivity index (χ3n) is 7.79. The third-order valence-corrected chi connectivity index (χ3v) is 7.79.